The van der Waals surface area contributed by atoms with Crippen LogP contribution >= 0.6 is 22.6 Å². The molecular formula is C21H23IN8O. The first-order chi connectivity index (χ1) is 15.3. The highest BCUT2D eigenvalue weighted by atomic mass is 127. The van der Waals surface area contributed by atoms with Gasteiger partial charge >= 0.3 is 0 Å². The molecule has 31 heavy (non-hydrogen) atoms. The molecule has 1 fully saturated rings. The molecule has 9 nitrogen and oxygen atoms in total. The fraction of sp³-hybridized carbons (Fsp3) is 0.286. The summed E-state index contributed by atoms with van der Waals surface area (Å²) in [5.74, 6) is 1.49. The van der Waals surface area contributed by atoms with Gasteiger partial charge in [-0.3, -0.25) is 4.98 Å². The molecule has 2 N–H and O–H groups in total. The summed E-state index contributed by atoms with van der Waals surface area (Å²) in [5.41, 5.74) is 4.94. The molecule has 1 aromatic carbocycles. The lowest BCUT2D eigenvalue weighted by Gasteiger charge is -2.27. The van der Waals surface area contributed by atoms with Crippen molar-refractivity contribution in [1.82, 2.24) is 19.9 Å². The maximum absolute atomic E-state index is 5.44. The number of hydrogen-bond donors (Lipinski definition) is 2. The Kier molecular flexibility index (Phi) is 7.56. The van der Waals surface area contributed by atoms with Crippen LogP contribution < -0.4 is 15.6 Å². The van der Waals surface area contributed by atoms with E-state index >= 15 is 0 Å². The fourth-order valence-corrected chi connectivity index (χ4v) is 3.57. The Morgan fingerprint density at radius 3 is 2.74 bits per heavy atom. The number of pyridine rings is 1. The van der Waals surface area contributed by atoms with Crippen LogP contribution in [0, 0.1) is 3.57 Å². The van der Waals surface area contributed by atoms with Gasteiger partial charge in [0.15, 0.2) is 0 Å². The molecule has 0 saturated carbocycles. The van der Waals surface area contributed by atoms with Crippen LogP contribution in [0.1, 0.15) is 11.3 Å². The maximum atomic E-state index is 5.44. The number of ether oxygens (including phenoxy) is 1. The number of benzene rings is 1. The summed E-state index contributed by atoms with van der Waals surface area (Å²) in [6.07, 6.45) is 4.31. The molecule has 0 aliphatic carbocycles. The van der Waals surface area contributed by atoms with E-state index in [9.17, 15) is 0 Å². The highest BCUT2D eigenvalue weighted by molar-refractivity contribution is 14.1. The molecule has 3 aromatic rings. The van der Waals surface area contributed by atoms with Gasteiger partial charge in [-0.15, -0.1) is 0 Å². The van der Waals surface area contributed by atoms with E-state index < -0.39 is 0 Å². The van der Waals surface area contributed by atoms with Crippen molar-refractivity contribution in [3.05, 3.63) is 63.5 Å². The molecule has 160 valence electrons. The third kappa shape index (κ3) is 6.56. The van der Waals surface area contributed by atoms with Gasteiger partial charge < -0.3 is 15.0 Å². The van der Waals surface area contributed by atoms with E-state index in [4.69, 9.17) is 4.74 Å². The van der Waals surface area contributed by atoms with Crippen molar-refractivity contribution in [2.24, 2.45) is 5.10 Å². The molecule has 3 heterocycles. The summed E-state index contributed by atoms with van der Waals surface area (Å²) in [6, 6.07) is 14.0. The summed E-state index contributed by atoms with van der Waals surface area (Å²) in [6.45, 7) is 3.45. The Labute approximate surface area is 194 Å². The van der Waals surface area contributed by atoms with Gasteiger partial charge in [-0.2, -0.15) is 20.1 Å². The number of hydrazone groups is 1. The van der Waals surface area contributed by atoms with Crippen molar-refractivity contribution in [2.45, 2.75) is 6.42 Å². The molecule has 0 amide bonds. The number of anilines is 3. The van der Waals surface area contributed by atoms with Gasteiger partial charge in [0.1, 0.15) is 0 Å². The Bertz CT molecular complexity index is 1010. The maximum Gasteiger partial charge on any atom is 0.250 e. The highest BCUT2D eigenvalue weighted by Gasteiger charge is 2.16. The van der Waals surface area contributed by atoms with E-state index in [1.165, 1.54) is 0 Å². The van der Waals surface area contributed by atoms with Crippen molar-refractivity contribution >= 4 is 46.7 Å². The van der Waals surface area contributed by atoms with Crippen molar-refractivity contribution in [3.8, 4) is 0 Å². The minimum absolute atomic E-state index is 0.388. The SMILES string of the molecule is Ic1cccc(/C=N/Nc2nc(NCCc3ccccn3)nc(N3CCOCC3)n2)c1. The zero-order valence-electron chi connectivity index (χ0n) is 16.9. The number of aromatic nitrogens is 4. The molecule has 1 saturated heterocycles. The molecule has 0 radical (unpaired) electrons. The summed E-state index contributed by atoms with van der Waals surface area (Å²) in [7, 11) is 0. The van der Waals surface area contributed by atoms with Crippen LogP contribution in [-0.4, -0.2) is 59.0 Å². The van der Waals surface area contributed by atoms with Gasteiger partial charge in [0, 0.05) is 41.5 Å². The molecule has 0 bridgehead atoms. The average molecular weight is 530 g/mol. The summed E-state index contributed by atoms with van der Waals surface area (Å²) in [4.78, 5) is 20.0. The normalized spacial score (nSPS) is 14.0. The van der Waals surface area contributed by atoms with Crippen LogP contribution in [0.5, 0.6) is 0 Å². The number of morpholine rings is 1. The highest BCUT2D eigenvalue weighted by Crippen LogP contribution is 2.15. The van der Waals surface area contributed by atoms with Crippen molar-refractivity contribution < 1.29 is 4.74 Å². The smallest absolute Gasteiger partial charge is 0.250 e. The van der Waals surface area contributed by atoms with Crippen LogP contribution in [0.15, 0.2) is 53.8 Å². The second-order valence-electron chi connectivity index (χ2n) is 6.80. The predicted octanol–water partition coefficient (Wildman–Crippen LogP) is 2.81. The number of nitrogens with zero attached hydrogens (tertiary/aromatic N) is 6. The van der Waals surface area contributed by atoms with Crippen LogP contribution in [0.4, 0.5) is 17.8 Å². The van der Waals surface area contributed by atoms with Crippen molar-refractivity contribution in [3.63, 3.8) is 0 Å². The fourth-order valence-electron chi connectivity index (χ4n) is 3.00. The molecule has 4 rings (SSSR count). The zero-order chi connectivity index (χ0) is 21.3. The minimum Gasteiger partial charge on any atom is -0.378 e. The lowest BCUT2D eigenvalue weighted by atomic mass is 10.2. The van der Waals surface area contributed by atoms with Gasteiger partial charge in [0.2, 0.25) is 17.8 Å². The zero-order valence-corrected chi connectivity index (χ0v) is 19.1. The molecule has 1 aliphatic rings. The first kappa shape index (κ1) is 21.4. The second-order valence-corrected chi connectivity index (χ2v) is 8.05. The quantitative estimate of drug-likeness (QED) is 0.261. The molecule has 0 atom stereocenters. The largest absolute Gasteiger partial charge is 0.378 e. The van der Waals surface area contributed by atoms with E-state index in [0.29, 0.717) is 37.6 Å². The average Bonchev–Trinajstić information content (AvgIpc) is 2.80. The summed E-state index contributed by atoms with van der Waals surface area (Å²) in [5, 5.41) is 7.57. The number of hydrogen-bond acceptors (Lipinski definition) is 9. The minimum atomic E-state index is 0.388. The first-order valence-electron chi connectivity index (χ1n) is 10.0. The lowest BCUT2D eigenvalue weighted by Crippen LogP contribution is -2.37. The Balaban J connectivity index is 1.46. The van der Waals surface area contributed by atoms with Crippen molar-refractivity contribution in [2.75, 3.05) is 48.5 Å². The van der Waals surface area contributed by atoms with E-state index in [2.05, 4.69) is 63.3 Å². The topological polar surface area (TPSA) is 100 Å². The lowest BCUT2D eigenvalue weighted by molar-refractivity contribution is 0.122. The molecular weight excluding hydrogens is 507 g/mol. The van der Waals surface area contributed by atoms with Crippen molar-refractivity contribution in [1.29, 1.82) is 0 Å². The van der Waals surface area contributed by atoms with Gasteiger partial charge in [0.05, 0.1) is 19.4 Å². The van der Waals surface area contributed by atoms with Gasteiger partial charge in [-0.25, -0.2) is 5.43 Å². The third-order valence-electron chi connectivity index (χ3n) is 4.53. The molecule has 0 spiro atoms. The third-order valence-corrected chi connectivity index (χ3v) is 5.21. The monoisotopic (exact) mass is 530 g/mol. The molecule has 1 aliphatic heterocycles. The van der Waals surface area contributed by atoms with E-state index in [-0.39, 0.29) is 0 Å². The van der Waals surface area contributed by atoms with Crippen LogP contribution in [0.3, 0.4) is 0 Å². The molecule has 2 aromatic heterocycles. The van der Waals surface area contributed by atoms with Crippen LogP contribution in [0.2, 0.25) is 0 Å². The molecule has 0 unspecified atom stereocenters. The predicted molar refractivity (Wildman–Crippen MR) is 130 cm³/mol. The second kappa shape index (κ2) is 11.0. The van der Waals surface area contributed by atoms with Crippen LogP contribution in [-0.2, 0) is 11.2 Å². The number of nitrogens with one attached hydrogen (secondary N) is 2. The van der Waals surface area contributed by atoms with E-state index in [0.717, 1.165) is 34.3 Å². The Morgan fingerprint density at radius 2 is 1.94 bits per heavy atom. The van der Waals surface area contributed by atoms with E-state index in [1.54, 1.807) is 12.4 Å². The summed E-state index contributed by atoms with van der Waals surface area (Å²) < 4.78 is 6.59. The standard InChI is InChI=1S/C21H23IN8O/c22-17-5-3-4-16(14-17)15-25-29-20-26-19(24-9-7-18-6-1-2-8-23-18)27-21(28-20)30-10-12-31-13-11-30/h1-6,8,14-15H,7,9-13H2,(H2,24,26,27,28,29)/b25-15+. The Morgan fingerprint density at radius 1 is 1.06 bits per heavy atom. The summed E-state index contributed by atoms with van der Waals surface area (Å²) >= 11 is 2.28. The van der Waals surface area contributed by atoms with Gasteiger partial charge in [-0.05, 0) is 52.4 Å². The van der Waals surface area contributed by atoms with E-state index in [1.807, 2.05) is 42.5 Å². The number of rotatable bonds is 8. The Hall–Kier alpha value is -2.86. The van der Waals surface area contributed by atoms with Crippen LogP contribution in [0.25, 0.3) is 0 Å². The number of halogens is 1. The molecule has 10 heteroatoms. The van der Waals surface area contributed by atoms with Gasteiger partial charge in [-0.1, -0.05) is 18.2 Å². The first-order valence-corrected chi connectivity index (χ1v) is 11.1. The van der Waals surface area contributed by atoms with Gasteiger partial charge in [0.25, 0.3) is 0 Å².